The van der Waals surface area contributed by atoms with E-state index in [1.165, 1.54) is 6.07 Å². The molecule has 0 aliphatic carbocycles. The Balaban J connectivity index is 1.80. The van der Waals surface area contributed by atoms with E-state index in [2.05, 4.69) is 11.9 Å². The van der Waals surface area contributed by atoms with Crippen molar-refractivity contribution in [3.8, 4) is 0 Å². The molecule has 2 heterocycles. The maximum absolute atomic E-state index is 13.5. The Morgan fingerprint density at radius 1 is 1.35 bits per heavy atom. The quantitative estimate of drug-likeness (QED) is 0.866. The lowest BCUT2D eigenvalue weighted by Crippen LogP contribution is -2.33. The lowest BCUT2D eigenvalue weighted by Gasteiger charge is -2.27. The zero-order valence-corrected chi connectivity index (χ0v) is 13.5. The molecule has 1 aromatic carbocycles. The summed E-state index contributed by atoms with van der Waals surface area (Å²) >= 11 is 0. The first kappa shape index (κ1) is 15.7. The van der Waals surface area contributed by atoms with Crippen molar-refractivity contribution in [2.24, 2.45) is 5.92 Å². The van der Waals surface area contributed by atoms with E-state index in [9.17, 15) is 9.18 Å². The molecular weight excluding hydrogens is 291 g/mol. The Kier molecular flexibility index (Phi) is 4.42. The normalized spacial score (nSPS) is 20.7. The Hall–Kier alpha value is -2.23. The van der Waals surface area contributed by atoms with Gasteiger partial charge in [-0.05, 0) is 48.6 Å². The number of aryl methyl sites for hydroxylation is 1. The van der Waals surface area contributed by atoms with Crippen LogP contribution < -0.4 is 0 Å². The summed E-state index contributed by atoms with van der Waals surface area (Å²) in [4.78, 5) is 18.8. The number of hydrogen-bond acceptors (Lipinski definition) is 2. The van der Waals surface area contributed by atoms with Crippen molar-refractivity contribution >= 4 is 5.91 Å². The SMILES string of the molecule is Cc1ccc(CC(=O)N2CC[C@@H](C)[C@H]2c2cccc(F)c2)cn1. The largest absolute Gasteiger partial charge is 0.335 e. The van der Waals surface area contributed by atoms with Gasteiger partial charge in [0, 0.05) is 18.4 Å². The molecule has 4 heteroatoms. The second-order valence-corrected chi connectivity index (χ2v) is 6.34. The highest BCUT2D eigenvalue weighted by atomic mass is 19.1. The lowest BCUT2D eigenvalue weighted by atomic mass is 9.95. The van der Waals surface area contributed by atoms with Gasteiger partial charge in [0.1, 0.15) is 5.82 Å². The summed E-state index contributed by atoms with van der Waals surface area (Å²) < 4.78 is 13.5. The molecule has 1 aromatic heterocycles. The van der Waals surface area contributed by atoms with Crippen molar-refractivity contribution in [3.05, 3.63) is 65.2 Å². The number of carbonyl (C=O) groups is 1. The van der Waals surface area contributed by atoms with Crippen molar-refractivity contribution in [2.45, 2.75) is 32.7 Å². The number of pyridine rings is 1. The number of carbonyl (C=O) groups excluding carboxylic acids is 1. The standard InChI is InChI=1S/C19H21FN2O/c1-13-8-9-22(19(13)16-4-3-5-17(20)11-16)18(23)10-15-7-6-14(2)21-12-15/h3-7,11-13,19H,8-10H2,1-2H3/t13-,19+/m1/s1. The van der Waals surface area contributed by atoms with Crippen molar-refractivity contribution in [1.82, 2.24) is 9.88 Å². The number of likely N-dealkylation sites (tertiary alicyclic amines) is 1. The van der Waals surface area contributed by atoms with E-state index >= 15 is 0 Å². The first-order valence-corrected chi connectivity index (χ1v) is 8.01. The fourth-order valence-electron chi connectivity index (χ4n) is 3.30. The number of benzene rings is 1. The minimum absolute atomic E-state index is 0.0448. The highest BCUT2D eigenvalue weighted by molar-refractivity contribution is 5.79. The molecular formula is C19H21FN2O. The topological polar surface area (TPSA) is 33.2 Å². The molecule has 2 aromatic rings. The average Bonchev–Trinajstić information content (AvgIpc) is 2.91. The predicted octanol–water partition coefficient (Wildman–Crippen LogP) is 3.68. The smallest absolute Gasteiger partial charge is 0.227 e. The molecule has 23 heavy (non-hydrogen) atoms. The third-order valence-corrected chi connectivity index (χ3v) is 4.54. The summed E-state index contributed by atoms with van der Waals surface area (Å²) in [5, 5.41) is 0. The third kappa shape index (κ3) is 3.41. The van der Waals surface area contributed by atoms with Gasteiger partial charge in [-0.3, -0.25) is 9.78 Å². The van der Waals surface area contributed by atoms with Crippen LogP contribution in [0.1, 0.15) is 36.2 Å². The molecule has 0 saturated carbocycles. The van der Waals surface area contributed by atoms with E-state index in [-0.39, 0.29) is 17.8 Å². The summed E-state index contributed by atoms with van der Waals surface area (Å²) in [5.74, 6) is 0.155. The van der Waals surface area contributed by atoms with E-state index in [0.717, 1.165) is 29.8 Å². The van der Waals surface area contributed by atoms with Crippen LogP contribution in [0, 0.1) is 18.7 Å². The minimum Gasteiger partial charge on any atom is -0.335 e. The molecule has 1 aliphatic heterocycles. The van der Waals surface area contributed by atoms with Crippen LogP contribution in [0.2, 0.25) is 0 Å². The molecule has 1 aliphatic rings. The van der Waals surface area contributed by atoms with Gasteiger partial charge < -0.3 is 4.90 Å². The minimum atomic E-state index is -0.253. The van der Waals surface area contributed by atoms with Gasteiger partial charge >= 0.3 is 0 Å². The molecule has 1 saturated heterocycles. The average molecular weight is 312 g/mol. The summed E-state index contributed by atoms with van der Waals surface area (Å²) in [6, 6.07) is 10.4. The molecule has 3 rings (SSSR count). The van der Waals surface area contributed by atoms with E-state index in [1.54, 1.807) is 18.3 Å². The van der Waals surface area contributed by atoms with Gasteiger partial charge in [-0.1, -0.05) is 25.1 Å². The van der Waals surface area contributed by atoms with Gasteiger partial charge in [0.05, 0.1) is 12.5 Å². The number of amides is 1. The molecule has 120 valence electrons. The van der Waals surface area contributed by atoms with Crippen molar-refractivity contribution in [3.63, 3.8) is 0 Å². The van der Waals surface area contributed by atoms with Gasteiger partial charge in [-0.15, -0.1) is 0 Å². The third-order valence-electron chi connectivity index (χ3n) is 4.54. The van der Waals surface area contributed by atoms with Gasteiger partial charge in [-0.25, -0.2) is 4.39 Å². The maximum atomic E-state index is 13.5. The monoisotopic (exact) mass is 312 g/mol. The van der Waals surface area contributed by atoms with Crippen LogP contribution in [0.25, 0.3) is 0 Å². The number of halogens is 1. The first-order chi connectivity index (χ1) is 11.0. The maximum Gasteiger partial charge on any atom is 0.227 e. The van der Waals surface area contributed by atoms with Crippen LogP contribution in [0.15, 0.2) is 42.6 Å². The molecule has 1 fully saturated rings. The first-order valence-electron chi connectivity index (χ1n) is 8.01. The van der Waals surface area contributed by atoms with E-state index < -0.39 is 0 Å². The number of nitrogens with zero attached hydrogens (tertiary/aromatic N) is 2. The van der Waals surface area contributed by atoms with E-state index in [4.69, 9.17) is 0 Å². The molecule has 0 spiro atoms. The Morgan fingerprint density at radius 2 is 2.17 bits per heavy atom. The van der Waals surface area contributed by atoms with E-state index in [0.29, 0.717) is 12.3 Å². The molecule has 0 radical (unpaired) electrons. The van der Waals surface area contributed by atoms with Crippen molar-refractivity contribution < 1.29 is 9.18 Å². The van der Waals surface area contributed by atoms with Crippen LogP contribution in [-0.4, -0.2) is 22.3 Å². The molecule has 3 nitrogen and oxygen atoms in total. The molecule has 0 unspecified atom stereocenters. The van der Waals surface area contributed by atoms with Crippen LogP contribution >= 0.6 is 0 Å². The lowest BCUT2D eigenvalue weighted by molar-refractivity contribution is -0.131. The predicted molar refractivity (Wildman–Crippen MR) is 87.3 cm³/mol. The van der Waals surface area contributed by atoms with Crippen molar-refractivity contribution in [1.29, 1.82) is 0 Å². The molecule has 2 atom stereocenters. The number of rotatable bonds is 3. The Morgan fingerprint density at radius 3 is 2.87 bits per heavy atom. The highest BCUT2D eigenvalue weighted by Crippen LogP contribution is 2.37. The Bertz CT molecular complexity index is 699. The van der Waals surface area contributed by atoms with Gasteiger partial charge in [0.2, 0.25) is 5.91 Å². The number of hydrogen-bond donors (Lipinski definition) is 0. The van der Waals surface area contributed by atoms with E-state index in [1.807, 2.05) is 30.0 Å². The van der Waals surface area contributed by atoms with Crippen molar-refractivity contribution in [2.75, 3.05) is 6.54 Å². The molecule has 0 N–H and O–H groups in total. The van der Waals surface area contributed by atoms with Gasteiger partial charge in [0.25, 0.3) is 0 Å². The summed E-state index contributed by atoms with van der Waals surface area (Å²) in [7, 11) is 0. The summed E-state index contributed by atoms with van der Waals surface area (Å²) in [6.07, 6.45) is 3.04. The molecule has 0 bridgehead atoms. The summed E-state index contributed by atoms with van der Waals surface area (Å²) in [5.41, 5.74) is 2.73. The van der Waals surface area contributed by atoms with Gasteiger partial charge in [0.15, 0.2) is 0 Å². The van der Waals surface area contributed by atoms with Crippen LogP contribution in [0.3, 0.4) is 0 Å². The van der Waals surface area contributed by atoms with Gasteiger partial charge in [-0.2, -0.15) is 0 Å². The van der Waals surface area contributed by atoms with Crippen LogP contribution in [0.4, 0.5) is 4.39 Å². The Labute approximate surface area is 136 Å². The second kappa shape index (κ2) is 6.49. The zero-order valence-electron chi connectivity index (χ0n) is 13.5. The van der Waals surface area contributed by atoms with Crippen LogP contribution in [0.5, 0.6) is 0 Å². The fraction of sp³-hybridized carbons (Fsp3) is 0.368. The fourth-order valence-corrected chi connectivity index (χ4v) is 3.30. The second-order valence-electron chi connectivity index (χ2n) is 6.34. The van der Waals surface area contributed by atoms with Crippen LogP contribution in [-0.2, 0) is 11.2 Å². The summed E-state index contributed by atoms with van der Waals surface area (Å²) in [6.45, 7) is 4.77. The molecule has 1 amide bonds. The zero-order chi connectivity index (χ0) is 16.4. The highest BCUT2D eigenvalue weighted by Gasteiger charge is 2.35. The number of aromatic nitrogens is 1.